The summed E-state index contributed by atoms with van der Waals surface area (Å²) in [6.07, 6.45) is 1.40. The molecule has 94 valence electrons. The van der Waals surface area contributed by atoms with Gasteiger partial charge in [-0.25, -0.2) is 13.2 Å². The Labute approximate surface area is 101 Å². The molecule has 1 N–H and O–H groups in total. The average Bonchev–Trinajstić information content (AvgIpc) is 2.29. The molecule has 1 rings (SSSR count). The Balaban J connectivity index is 3.04. The maximum Gasteiger partial charge on any atom is 0.335 e. The van der Waals surface area contributed by atoms with Gasteiger partial charge >= 0.3 is 5.97 Å². The van der Waals surface area contributed by atoms with Crippen LogP contribution >= 0.6 is 0 Å². The molecule has 0 spiro atoms. The number of carboxylic acids is 1. The number of aromatic carboxylic acids is 1. The molecule has 1 aromatic carbocycles. The zero-order valence-corrected chi connectivity index (χ0v) is 10.7. The molecule has 0 aliphatic heterocycles. The number of hydrogen-bond acceptors (Lipinski definition) is 3. The lowest BCUT2D eigenvalue weighted by Gasteiger charge is -2.11. The maximum absolute atomic E-state index is 12.1. The van der Waals surface area contributed by atoms with E-state index in [4.69, 9.17) is 5.11 Å². The van der Waals surface area contributed by atoms with Crippen LogP contribution in [0.5, 0.6) is 0 Å². The second-order valence-corrected chi connectivity index (χ2v) is 6.34. The number of hydrogen-bond donors (Lipinski definition) is 1. The van der Waals surface area contributed by atoms with Gasteiger partial charge in [0.05, 0.1) is 15.7 Å². The average molecular weight is 256 g/mol. The van der Waals surface area contributed by atoms with Gasteiger partial charge in [0.15, 0.2) is 9.84 Å². The summed E-state index contributed by atoms with van der Waals surface area (Å²) in [7, 11) is -3.34. The van der Waals surface area contributed by atoms with E-state index in [0.717, 1.165) is 6.42 Å². The molecular formula is C12H16O4S. The molecule has 0 radical (unpaired) electrons. The van der Waals surface area contributed by atoms with Crippen molar-refractivity contribution in [1.29, 1.82) is 0 Å². The number of carboxylic acid groups (broad SMARTS) is 1. The fraction of sp³-hybridized carbons (Fsp3) is 0.417. The van der Waals surface area contributed by atoms with E-state index in [2.05, 4.69) is 0 Å². The first-order valence-corrected chi connectivity index (χ1v) is 7.01. The van der Waals surface area contributed by atoms with Crippen LogP contribution in [-0.2, 0) is 9.84 Å². The standard InChI is InChI=1S/C12H16O4S/c1-3-4-9(2)17(15,16)11-7-5-10(6-8-11)12(13)14/h5-9H,3-4H2,1-2H3,(H,13,14). The fourth-order valence-electron chi connectivity index (χ4n) is 1.58. The minimum Gasteiger partial charge on any atom is -0.478 e. The molecular weight excluding hydrogens is 240 g/mol. The van der Waals surface area contributed by atoms with Crippen molar-refractivity contribution in [3.63, 3.8) is 0 Å². The van der Waals surface area contributed by atoms with Gasteiger partial charge in [0.2, 0.25) is 0 Å². The Morgan fingerprint density at radius 2 is 1.82 bits per heavy atom. The lowest BCUT2D eigenvalue weighted by atomic mass is 10.2. The van der Waals surface area contributed by atoms with Crippen LogP contribution in [0.2, 0.25) is 0 Å². The van der Waals surface area contributed by atoms with Crippen LogP contribution in [0.1, 0.15) is 37.0 Å². The van der Waals surface area contributed by atoms with E-state index in [1.54, 1.807) is 6.92 Å². The van der Waals surface area contributed by atoms with E-state index in [1.807, 2.05) is 6.92 Å². The van der Waals surface area contributed by atoms with Crippen LogP contribution in [0, 0.1) is 0 Å². The first-order valence-electron chi connectivity index (χ1n) is 5.46. The number of rotatable bonds is 5. The molecule has 1 unspecified atom stereocenters. The highest BCUT2D eigenvalue weighted by molar-refractivity contribution is 7.92. The van der Waals surface area contributed by atoms with Crippen molar-refractivity contribution in [2.24, 2.45) is 0 Å². The molecule has 0 aromatic heterocycles. The highest BCUT2D eigenvalue weighted by Crippen LogP contribution is 2.19. The van der Waals surface area contributed by atoms with Crippen LogP contribution in [0.4, 0.5) is 0 Å². The van der Waals surface area contributed by atoms with Gasteiger partial charge in [-0.3, -0.25) is 0 Å². The Kier molecular flexibility index (Phi) is 4.28. The maximum atomic E-state index is 12.1. The van der Waals surface area contributed by atoms with E-state index in [1.165, 1.54) is 24.3 Å². The summed E-state index contributed by atoms with van der Waals surface area (Å²) in [5.41, 5.74) is 0.0899. The fourth-order valence-corrected chi connectivity index (χ4v) is 3.11. The van der Waals surface area contributed by atoms with E-state index in [-0.39, 0.29) is 10.5 Å². The first-order chi connectivity index (χ1) is 7.89. The predicted molar refractivity (Wildman–Crippen MR) is 65.0 cm³/mol. The van der Waals surface area contributed by atoms with Gasteiger partial charge in [-0.2, -0.15) is 0 Å². The molecule has 0 saturated carbocycles. The van der Waals surface area contributed by atoms with E-state index < -0.39 is 21.1 Å². The van der Waals surface area contributed by atoms with Gasteiger partial charge in [0, 0.05) is 0 Å². The molecule has 0 saturated heterocycles. The van der Waals surface area contributed by atoms with Crippen LogP contribution in [0.25, 0.3) is 0 Å². The SMILES string of the molecule is CCCC(C)S(=O)(=O)c1ccc(C(=O)O)cc1. The van der Waals surface area contributed by atoms with Gasteiger partial charge in [0.25, 0.3) is 0 Å². The lowest BCUT2D eigenvalue weighted by Crippen LogP contribution is -2.17. The minimum atomic E-state index is -3.34. The van der Waals surface area contributed by atoms with Crippen LogP contribution in [0.3, 0.4) is 0 Å². The van der Waals surface area contributed by atoms with Crippen molar-refractivity contribution in [2.75, 3.05) is 0 Å². The predicted octanol–water partition coefficient (Wildman–Crippen LogP) is 2.35. The molecule has 4 nitrogen and oxygen atoms in total. The topological polar surface area (TPSA) is 71.4 Å². The Hall–Kier alpha value is -1.36. The smallest absolute Gasteiger partial charge is 0.335 e. The number of benzene rings is 1. The Morgan fingerprint density at radius 1 is 1.29 bits per heavy atom. The van der Waals surface area contributed by atoms with Crippen molar-refractivity contribution in [3.05, 3.63) is 29.8 Å². The third kappa shape index (κ3) is 3.06. The van der Waals surface area contributed by atoms with Crippen LogP contribution in [-0.4, -0.2) is 24.7 Å². The highest BCUT2D eigenvalue weighted by atomic mass is 32.2. The molecule has 17 heavy (non-hydrogen) atoms. The number of carbonyl (C=O) groups is 1. The van der Waals surface area contributed by atoms with Gasteiger partial charge in [0.1, 0.15) is 0 Å². The molecule has 1 atom stereocenters. The summed E-state index contributed by atoms with van der Waals surface area (Å²) < 4.78 is 24.1. The van der Waals surface area contributed by atoms with Crippen LogP contribution in [0.15, 0.2) is 29.2 Å². The Morgan fingerprint density at radius 3 is 2.24 bits per heavy atom. The zero-order valence-electron chi connectivity index (χ0n) is 9.88. The van der Waals surface area contributed by atoms with E-state index in [9.17, 15) is 13.2 Å². The zero-order chi connectivity index (χ0) is 13.1. The van der Waals surface area contributed by atoms with Crippen molar-refractivity contribution in [3.8, 4) is 0 Å². The van der Waals surface area contributed by atoms with Crippen molar-refractivity contribution in [1.82, 2.24) is 0 Å². The largest absolute Gasteiger partial charge is 0.478 e. The summed E-state index contributed by atoms with van der Waals surface area (Å²) in [4.78, 5) is 10.8. The van der Waals surface area contributed by atoms with E-state index >= 15 is 0 Å². The summed E-state index contributed by atoms with van der Waals surface area (Å²) in [6.45, 7) is 3.60. The van der Waals surface area contributed by atoms with Crippen molar-refractivity contribution in [2.45, 2.75) is 36.8 Å². The number of sulfone groups is 1. The molecule has 5 heteroatoms. The third-order valence-corrected chi connectivity index (χ3v) is 4.88. The first kappa shape index (κ1) is 13.7. The van der Waals surface area contributed by atoms with Gasteiger partial charge in [-0.1, -0.05) is 13.3 Å². The van der Waals surface area contributed by atoms with Gasteiger partial charge in [-0.05, 0) is 37.6 Å². The summed E-state index contributed by atoms with van der Waals surface area (Å²) in [6, 6.07) is 5.33. The summed E-state index contributed by atoms with van der Waals surface area (Å²) >= 11 is 0. The molecule has 0 aliphatic rings. The van der Waals surface area contributed by atoms with E-state index in [0.29, 0.717) is 6.42 Å². The quantitative estimate of drug-likeness (QED) is 0.877. The van der Waals surface area contributed by atoms with Crippen LogP contribution < -0.4 is 0 Å². The molecule has 0 heterocycles. The van der Waals surface area contributed by atoms with Gasteiger partial charge < -0.3 is 5.11 Å². The second kappa shape index (κ2) is 5.31. The molecule has 0 amide bonds. The highest BCUT2D eigenvalue weighted by Gasteiger charge is 2.22. The van der Waals surface area contributed by atoms with Crippen molar-refractivity contribution < 1.29 is 18.3 Å². The van der Waals surface area contributed by atoms with Crippen molar-refractivity contribution >= 4 is 15.8 Å². The summed E-state index contributed by atoms with van der Waals surface area (Å²) in [5.74, 6) is -1.06. The molecule has 0 bridgehead atoms. The lowest BCUT2D eigenvalue weighted by molar-refractivity contribution is 0.0697. The Bertz CT molecular complexity index is 488. The second-order valence-electron chi connectivity index (χ2n) is 3.97. The minimum absolute atomic E-state index is 0.0899. The summed E-state index contributed by atoms with van der Waals surface area (Å²) in [5, 5.41) is 8.28. The third-order valence-electron chi connectivity index (χ3n) is 2.65. The molecule has 1 aromatic rings. The molecule has 0 fully saturated rings. The normalized spacial score (nSPS) is 13.3. The monoisotopic (exact) mass is 256 g/mol. The molecule has 0 aliphatic carbocycles. The van der Waals surface area contributed by atoms with Gasteiger partial charge in [-0.15, -0.1) is 0 Å².